The monoisotopic (exact) mass is 181 g/mol. The molecule has 3 heteroatoms. The number of aliphatic hydroxyl groups is 1. The van der Waals surface area contributed by atoms with Crippen LogP contribution in [0.2, 0.25) is 0 Å². The topological polar surface area (TPSA) is 46.2 Å². The predicted molar refractivity (Wildman–Crippen MR) is 47.5 cm³/mol. The highest BCUT2D eigenvalue weighted by Crippen LogP contribution is 2.34. The molecular weight excluding hydrogens is 169 g/mol. The summed E-state index contributed by atoms with van der Waals surface area (Å²) in [7, 11) is 0. The third-order valence-corrected chi connectivity index (χ3v) is 2.56. The molecule has 0 fully saturated rings. The number of hydrogen-bond donors (Lipinski definition) is 2. The lowest BCUT2D eigenvalue weighted by atomic mass is 9.86. The molecule has 0 aromatic heterocycles. The van der Waals surface area contributed by atoms with E-state index in [2.05, 4.69) is 0 Å². The maximum Gasteiger partial charge on any atom is 0.123 e. The Balaban J connectivity index is 2.50. The van der Waals surface area contributed by atoms with Gasteiger partial charge in [-0.25, -0.2) is 4.39 Å². The van der Waals surface area contributed by atoms with Gasteiger partial charge in [-0.2, -0.15) is 0 Å². The Kier molecular flexibility index (Phi) is 2.06. The van der Waals surface area contributed by atoms with E-state index in [0.717, 1.165) is 17.5 Å². The quantitative estimate of drug-likeness (QED) is 0.639. The highest BCUT2D eigenvalue weighted by molar-refractivity contribution is 5.34. The zero-order chi connectivity index (χ0) is 9.42. The molecule has 0 radical (unpaired) electrons. The molecule has 1 aromatic rings. The Bertz CT molecular complexity index is 327. The van der Waals surface area contributed by atoms with Gasteiger partial charge in [-0.05, 0) is 36.1 Å². The first-order chi connectivity index (χ1) is 6.18. The van der Waals surface area contributed by atoms with E-state index in [-0.39, 0.29) is 11.9 Å². The van der Waals surface area contributed by atoms with Crippen LogP contribution >= 0.6 is 0 Å². The first-order valence-electron chi connectivity index (χ1n) is 4.41. The summed E-state index contributed by atoms with van der Waals surface area (Å²) in [5.41, 5.74) is 7.33. The molecular formula is C10H12FNO. The average molecular weight is 181 g/mol. The molecule has 13 heavy (non-hydrogen) atoms. The van der Waals surface area contributed by atoms with E-state index >= 15 is 0 Å². The first-order valence-corrected chi connectivity index (χ1v) is 4.41. The molecule has 0 aliphatic heterocycles. The van der Waals surface area contributed by atoms with Gasteiger partial charge in [-0.3, -0.25) is 0 Å². The first kappa shape index (κ1) is 8.66. The van der Waals surface area contributed by atoms with E-state index in [1.165, 1.54) is 12.1 Å². The number of nitrogens with two attached hydrogens (primary N) is 1. The molecule has 70 valence electrons. The molecule has 2 nitrogen and oxygen atoms in total. The van der Waals surface area contributed by atoms with Gasteiger partial charge in [-0.15, -0.1) is 0 Å². The molecule has 0 spiro atoms. The lowest BCUT2D eigenvalue weighted by Gasteiger charge is -2.26. The van der Waals surface area contributed by atoms with Crippen molar-refractivity contribution in [2.45, 2.75) is 25.0 Å². The van der Waals surface area contributed by atoms with E-state index in [4.69, 9.17) is 5.73 Å². The number of benzene rings is 1. The molecule has 3 N–H and O–H groups in total. The van der Waals surface area contributed by atoms with Crippen molar-refractivity contribution in [3.63, 3.8) is 0 Å². The van der Waals surface area contributed by atoms with Crippen LogP contribution in [0.25, 0.3) is 0 Å². The SMILES string of the molecule is N[C@H]1CC[C@@H](O)c2ccc(F)cc21. The Morgan fingerprint density at radius 2 is 2.08 bits per heavy atom. The highest BCUT2D eigenvalue weighted by atomic mass is 19.1. The molecule has 0 amide bonds. The number of hydrogen-bond acceptors (Lipinski definition) is 2. The fraction of sp³-hybridized carbons (Fsp3) is 0.400. The van der Waals surface area contributed by atoms with Crippen molar-refractivity contribution < 1.29 is 9.50 Å². The third kappa shape index (κ3) is 1.45. The minimum Gasteiger partial charge on any atom is -0.388 e. The van der Waals surface area contributed by atoms with Crippen LogP contribution in [0, 0.1) is 5.82 Å². The highest BCUT2D eigenvalue weighted by Gasteiger charge is 2.23. The normalized spacial score (nSPS) is 27.0. The minimum atomic E-state index is -0.476. The van der Waals surface area contributed by atoms with Gasteiger partial charge in [0.25, 0.3) is 0 Å². The van der Waals surface area contributed by atoms with Gasteiger partial charge in [0.1, 0.15) is 5.82 Å². The van der Waals surface area contributed by atoms with E-state index in [0.29, 0.717) is 6.42 Å². The van der Waals surface area contributed by atoms with Crippen molar-refractivity contribution in [3.8, 4) is 0 Å². The summed E-state index contributed by atoms with van der Waals surface area (Å²) < 4.78 is 12.9. The standard InChI is InChI=1S/C10H12FNO/c11-6-1-2-7-8(5-6)9(12)3-4-10(7)13/h1-2,5,9-10,13H,3-4,12H2/t9-,10+/m0/s1. The lowest BCUT2D eigenvalue weighted by molar-refractivity contribution is 0.150. The van der Waals surface area contributed by atoms with Gasteiger partial charge >= 0.3 is 0 Å². The van der Waals surface area contributed by atoms with Gasteiger partial charge in [0.2, 0.25) is 0 Å². The molecule has 2 atom stereocenters. The summed E-state index contributed by atoms with van der Waals surface area (Å²) in [6, 6.07) is 4.27. The second kappa shape index (κ2) is 3.09. The van der Waals surface area contributed by atoms with Gasteiger partial charge in [-0.1, -0.05) is 6.07 Å². The van der Waals surface area contributed by atoms with Crippen LogP contribution in [0.3, 0.4) is 0 Å². The molecule has 1 aromatic carbocycles. The Morgan fingerprint density at radius 3 is 2.85 bits per heavy atom. The summed E-state index contributed by atoms with van der Waals surface area (Å²) >= 11 is 0. The maximum atomic E-state index is 12.9. The van der Waals surface area contributed by atoms with Gasteiger partial charge in [0.05, 0.1) is 6.10 Å². The zero-order valence-electron chi connectivity index (χ0n) is 7.20. The molecule has 0 bridgehead atoms. The van der Waals surface area contributed by atoms with Crippen molar-refractivity contribution in [2.24, 2.45) is 5.73 Å². The van der Waals surface area contributed by atoms with Crippen molar-refractivity contribution in [2.75, 3.05) is 0 Å². The van der Waals surface area contributed by atoms with Crippen LogP contribution in [-0.2, 0) is 0 Å². The molecule has 1 aliphatic rings. The summed E-state index contributed by atoms with van der Waals surface area (Å²) in [5, 5.41) is 9.59. The smallest absolute Gasteiger partial charge is 0.123 e. The predicted octanol–water partition coefficient (Wildman–Crippen LogP) is 1.65. The molecule has 0 heterocycles. The number of halogens is 1. The van der Waals surface area contributed by atoms with Gasteiger partial charge < -0.3 is 10.8 Å². The van der Waals surface area contributed by atoms with Gasteiger partial charge in [0, 0.05) is 6.04 Å². The third-order valence-electron chi connectivity index (χ3n) is 2.56. The Morgan fingerprint density at radius 1 is 1.31 bits per heavy atom. The number of aliphatic hydroxyl groups excluding tert-OH is 1. The summed E-state index contributed by atoms with van der Waals surface area (Å²) in [6.45, 7) is 0. The van der Waals surface area contributed by atoms with Crippen LogP contribution in [-0.4, -0.2) is 5.11 Å². The Labute approximate surface area is 76.2 Å². The van der Waals surface area contributed by atoms with E-state index in [9.17, 15) is 9.50 Å². The van der Waals surface area contributed by atoms with Gasteiger partial charge in [0.15, 0.2) is 0 Å². The van der Waals surface area contributed by atoms with Crippen LogP contribution in [0.1, 0.15) is 36.1 Å². The molecule has 0 unspecified atom stereocenters. The minimum absolute atomic E-state index is 0.130. The molecule has 0 saturated carbocycles. The van der Waals surface area contributed by atoms with Crippen molar-refractivity contribution in [1.82, 2.24) is 0 Å². The van der Waals surface area contributed by atoms with E-state index < -0.39 is 6.10 Å². The fourth-order valence-corrected chi connectivity index (χ4v) is 1.82. The van der Waals surface area contributed by atoms with Crippen molar-refractivity contribution >= 4 is 0 Å². The van der Waals surface area contributed by atoms with Crippen LogP contribution in [0.15, 0.2) is 18.2 Å². The average Bonchev–Trinajstić information content (AvgIpc) is 2.12. The maximum absolute atomic E-state index is 12.9. The summed E-state index contributed by atoms with van der Waals surface area (Å²) in [5.74, 6) is -0.289. The Hall–Kier alpha value is -0.930. The van der Waals surface area contributed by atoms with Crippen LogP contribution in [0.4, 0.5) is 4.39 Å². The molecule has 2 rings (SSSR count). The fourth-order valence-electron chi connectivity index (χ4n) is 1.82. The molecule has 0 saturated heterocycles. The second-order valence-electron chi connectivity index (χ2n) is 3.47. The van der Waals surface area contributed by atoms with Crippen molar-refractivity contribution in [1.29, 1.82) is 0 Å². The largest absolute Gasteiger partial charge is 0.388 e. The number of rotatable bonds is 0. The van der Waals surface area contributed by atoms with E-state index in [1.54, 1.807) is 6.07 Å². The van der Waals surface area contributed by atoms with Crippen LogP contribution in [0.5, 0.6) is 0 Å². The zero-order valence-corrected chi connectivity index (χ0v) is 7.20. The summed E-state index contributed by atoms with van der Waals surface area (Å²) in [4.78, 5) is 0. The second-order valence-corrected chi connectivity index (χ2v) is 3.47. The van der Waals surface area contributed by atoms with Crippen LogP contribution < -0.4 is 5.73 Å². The number of fused-ring (bicyclic) bond motifs is 1. The summed E-state index contributed by atoms with van der Waals surface area (Å²) in [6.07, 6.45) is 0.910. The van der Waals surface area contributed by atoms with E-state index in [1.807, 2.05) is 0 Å². The molecule has 1 aliphatic carbocycles. The van der Waals surface area contributed by atoms with Crippen molar-refractivity contribution in [3.05, 3.63) is 35.1 Å². The lowest BCUT2D eigenvalue weighted by Crippen LogP contribution is -2.20.